The molecule has 0 aromatic carbocycles. The van der Waals surface area contributed by atoms with Crippen LogP contribution in [-0.4, -0.2) is 16.5 Å². The second-order valence-electron chi connectivity index (χ2n) is 3.09. The van der Waals surface area contributed by atoms with Crippen LogP contribution in [0, 0.1) is 0 Å². The van der Waals surface area contributed by atoms with Gasteiger partial charge in [0.05, 0.1) is 0 Å². The van der Waals surface area contributed by atoms with E-state index in [1.54, 1.807) is 0 Å². The lowest BCUT2D eigenvalue weighted by Crippen LogP contribution is -2.37. The number of hydrogen-bond acceptors (Lipinski definition) is 3. The van der Waals surface area contributed by atoms with Crippen molar-refractivity contribution in [1.29, 1.82) is 0 Å². The second-order valence-corrected chi connectivity index (χ2v) is 3.71. The summed E-state index contributed by atoms with van der Waals surface area (Å²) >= 11 is 0. The molecule has 64 valence electrons. The van der Waals surface area contributed by atoms with Crippen LogP contribution < -0.4 is 11.1 Å². The van der Waals surface area contributed by atoms with Crippen LogP contribution in [0.25, 0.3) is 0 Å². The third-order valence-electron chi connectivity index (χ3n) is 2.21. The van der Waals surface area contributed by atoms with Crippen molar-refractivity contribution >= 4 is 14.5 Å². The Balaban J connectivity index is 2.43. The maximum atomic E-state index is 5.72. The molecule has 1 unspecified atom stereocenters. The van der Waals surface area contributed by atoms with Gasteiger partial charge in [0.25, 0.3) is 0 Å². The summed E-state index contributed by atoms with van der Waals surface area (Å²) in [6, 6.07) is 0. The Morgan fingerprint density at radius 2 is 2.33 bits per heavy atom. The number of rotatable bonds is 0. The fourth-order valence-electron chi connectivity index (χ4n) is 1.50. The Labute approximate surface area is 74.1 Å². The first kappa shape index (κ1) is 8.11. The fraction of sp³-hybridized carbons (Fsp3) is 0.375. The van der Waals surface area contributed by atoms with Crippen molar-refractivity contribution in [3.8, 4) is 0 Å². The molecule has 2 N–H and O–H groups in total. The molecule has 1 aliphatic heterocycles. The van der Waals surface area contributed by atoms with Crippen molar-refractivity contribution < 1.29 is 0 Å². The summed E-state index contributed by atoms with van der Waals surface area (Å²) in [5, 5.41) is 3.01. The molecule has 2 heterocycles. The van der Waals surface area contributed by atoms with Gasteiger partial charge in [-0.15, -0.1) is 9.24 Å². The summed E-state index contributed by atoms with van der Waals surface area (Å²) in [4.78, 5) is 4.14. The molecule has 1 aliphatic rings. The zero-order chi connectivity index (χ0) is 8.55. The van der Waals surface area contributed by atoms with Crippen molar-refractivity contribution in [2.75, 3.05) is 6.54 Å². The van der Waals surface area contributed by atoms with Crippen LogP contribution in [0.4, 0.5) is 0 Å². The van der Waals surface area contributed by atoms with Crippen LogP contribution in [0.5, 0.6) is 0 Å². The molecule has 0 spiro atoms. The summed E-state index contributed by atoms with van der Waals surface area (Å²) in [5.41, 5.74) is 2.66. The third kappa shape index (κ3) is 1.36. The van der Waals surface area contributed by atoms with Crippen LogP contribution in [0.15, 0.2) is 12.4 Å². The maximum Gasteiger partial charge on any atom is 0.0389 e. The van der Waals surface area contributed by atoms with E-state index >= 15 is 0 Å². The summed E-state index contributed by atoms with van der Waals surface area (Å²) in [7, 11) is 2.70. The molecular weight excluding hydrogens is 169 g/mol. The van der Waals surface area contributed by atoms with E-state index in [-0.39, 0.29) is 0 Å². The van der Waals surface area contributed by atoms with Crippen molar-refractivity contribution in [3.63, 3.8) is 0 Å². The Morgan fingerprint density at radius 1 is 1.50 bits per heavy atom. The van der Waals surface area contributed by atoms with Crippen molar-refractivity contribution in [1.82, 2.24) is 9.99 Å². The number of pyridine rings is 1. The molecule has 1 aromatic heterocycles. The average Bonchev–Trinajstić information content (AvgIpc) is 2.07. The molecule has 0 saturated carbocycles. The highest BCUT2D eigenvalue weighted by molar-refractivity contribution is 7.27. The molecule has 0 bridgehead atoms. The van der Waals surface area contributed by atoms with Crippen LogP contribution in [0.3, 0.4) is 0 Å². The number of fused-ring (bicyclic) bond motifs is 1. The number of nitrogens with two attached hydrogens (primary N) is 1. The Bertz CT molecular complexity index is 300. The lowest BCUT2D eigenvalue weighted by Gasteiger charge is -2.25. The van der Waals surface area contributed by atoms with Crippen molar-refractivity contribution in [2.45, 2.75) is 13.0 Å². The number of aromatic nitrogens is 1. The Hall–Kier alpha value is -0.500. The molecule has 4 heteroatoms. The molecule has 1 atom stereocenters. The number of nitrogens with zero attached hydrogens (tertiary/aromatic N) is 2. The summed E-state index contributed by atoms with van der Waals surface area (Å²) in [5.74, 6) is 5.72. The Morgan fingerprint density at radius 3 is 3.17 bits per heavy atom. The van der Waals surface area contributed by atoms with Gasteiger partial charge in [-0.2, -0.15) is 0 Å². The maximum absolute atomic E-state index is 5.72. The minimum absolute atomic E-state index is 0.844. The van der Waals surface area contributed by atoms with E-state index in [9.17, 15) is 0 Å². The number of hydrogen-bond donors (Lipinski definition) is 1. The zero-order valence-electron chi connectivity index (χ0n) is 6.83. The highest BCUT2D eigenvalue weighted by Crippen LogP contribution is 2.14. The quantitative estimate of drug-likeness (QED) is 0.445. The van der Waals surface area contributed by atoms with Gasteiger partial charge in [-0.3, -0.25) is 10.8 Å². The average molecular weight is 181 g/mol. The standard InChI is InChI=1S/C8H12N3P/c9-11-2-1-6-3-10-4-8(12)7(6)5-11/h3-4H,1-2,5,9,12H2. The molecule has 2 rings (SSSR count). The first-order valence-electron chi connectivity index (χ1n) is 3.98. The molecule has 0 radical (unpaired) electrons. The van der Waals surface area contributed by atoms with E-state index < -0.39 is 0 Å². The van der Waals surface area contributed by atoms with E-state index in [0.29, 0.717) is 0 Å². The SMILES string of the molecule is NN1CCc2cncc(P)c2C1. The summed E-state index contributed by atoms with van der Waals surface area (Å²) in [6.07, 6.45) is 4.82. The van der Waals surface area contributed by atoms with Gasteiger partial charge in [-0.25, -0.2) is 5.01 Å². The van der Waals surface area contributed by atoms with E-state index in [4.69, 9.17) is 5.84 Å². The molecular formula is C8H12N3P. The monoisotopic (exact) mass is 181 g/mol. The van der Waals surface area contributed by atoms with E-state index in [1.807, 2.05) is 17.4 Å². The normalized spacial score (nSPS) is 17.5. The smallest absolute Gasteiger partial charge is 0.0389 e. The van der Waals surface area contributed by atoms with E-state index in [2.05, 4.69) is 14.2 Å². The minimum Gasteiger partial charge on any atom is -0.268 e. The van der Waals surface area contributed by atoms with Crippen LogP contribution in [0.2, 0.25) is 0 Å². The summed E-state index contributed by atoms with van der Waals surface area (Å²) in [6.45, 7) is 1.78. The Kier molecular flexibility index (Phi) is 2.09. The first-order valence-corrected chi connectivity index (χ1v) is 4.56. The predicted octanol–water partition coefficient (Wildman–Crippen LogP) is -0.186. The minimum atomic E-state index is 0.844. The van der Waals surface area contributed by atoms with Gasteiger partial charge in [0.2, 0.25) is 0 Å². The predicted molar refractivity (Wildman–Crippen MR) is 51.9 cm³/mol. The molecule has 1 aromatic rings. The van der Waals surface area contributed by atoms with Gasteiger partial charge >= 0.3 is 0 Å². The zero-order valence-corrected chi connectivity index (χ0v) is 7.98. The summed E-state index contributed by atoms with van der Waals surface area (Å²) < 4.78 is 0. The van der Waals surface area contributed by atoms with Crippen molar-refractivity contribution in [2.24, 2.45) is 5.84 Å². The lowest BCUT2D eigenvalue weighted by atomic mass is 10.0. The van der Waals surface area contributed by atoms with Gasteiger partial charge in [0.15, 0.2) is 0 Å². The molecule has 0 fully saturated rings. The molecule has 0 amide bonds. The molecule has 3 nitrogen and oxygen atoms in total. The topological polar surface area (TPSA) is 42.1 Å². The largest absolute Gasteiger partial charge is 0.268 e. The van der Waals surface area contributed by atoms with Gasteiger partial charge in [-0.1, -0.05) is 0 Å². The number of hydrazine groups is 1. The third-order valence-corrected chi connectivity index (χ3v) is 2.71. The second kappa shape index (κ2) is 3.09. The van der Waals surface area contributed by atoms with Gasteiger partial charge < -0.3 is 0 Å². The van der Waals surface area contributed by atoms with Gasteiger partial charge in [0.1, 0.15) is 0 Å². The van der Waals surface area contributed by atoms with Crippen molar-refractivity contribution in [3.05, 3.63) is 23.5 Å². The molecule has 12 heavy (non-hydrogen) atoms. The van der Waals surface area contributed by atoms with Crippen LogP contribution in [-0.2, 0) is 13.0 Å². The highest BCUT2D eigenvalue weighted by atomic mass is 31.0. The molecule has 0 aliphatic carbocycles. The highest BCUT2D eigenvalue weighted by Gasteiger charge is 2.14. The fourth-order valence-corrected chi connectivity index (χ4v) is 1.87. The van der Waals surface area contributed by atoms with Crippen LogP contribution >= 0.6 is 9.24 Å². The van der Waals surface area contributed by atoms with Gasteiger partial charge in [0, 0.05) is 25.5 Å². The van der Waals surface area contributed by atoms with Gasteiger partial charge in [-0.05, 0) is 22.9 Å². The van der Waals surface area contributed by atoms with Crippen LogP contribution in [0.1, 0.15) is 11.1 Å². The lowest BCUT2D eigenvalue weighted by molar-refractivity contribution is 0.263. The van der Waals surface area contributed by atoms with E-state index in [0.717, 1.165) is 19.5 Å². The van der Waals surface area contributed by atoms with E-state index in [1.165, 1.54) is 16.4 Å². The first-order chi connectivity index (χ1) is 5.77. The molecule has 0 saturated heterocycles.